The van der Waals surface area contributed by atoms with E-state index in [9.17, 15) is 4.79 Å². The molecule has 3 rings (SSSR count). The van der Waals surface area contributed by atoms with Gasteiger partial charge < -0.3 is 0 Å². The molecule has 0 aromatic heterocycles. The summed E-state index contributed by atoms with van der Waals surface area (Å²) in [5.74, 6) is 0.611. The minimum Gasteiger partial charge on any atom is -0.298 e. The predicted molar refractivity (Wildman–Crippen MR) is 64.4 cm³/mol. The molecule has 0 heterocycles. The van der Waals surface area contributed by atoms with Crippen LogP contribution in [-0.4, -0.2) is 5.78 Å². The SMILES string of the molecule is C=C1C[C@H]2Cc3ccccc3[C@@](C)(C1)C2=O. The number of benzene rings is 1. The molecule has 1 heteroatoms. The third kappa shape index (κ3) is 1.14. The topological polar surface area (TPSA) is 17.1 Å². The van der Waals surface area contributed by atoms with E-state index in [0.717, 1.165) is 19.3 Å². The molecule has 0 unspecified atom stereocenters. The maximum absolute atomic E-state index is 12.4. The van der Waals surface area contributed by atoms with Crippen LogP contribution in [0.25, 0.3) is 0 Å². The van der Waals surface area contributed by atoms with Crippen LogP contribution in [0.5, 0.6) is 0 Å². The lowest BCUT2D eigenvalue weighted by Gasteiger charge is -2.43. The largest absolute Gasteiger partial charge is 0.298 e. The van der Waals surface area contributed by atoms with E-state index in [1.54, 1.807) is 0 Å². The van der Waals surface area contributed by atoms with Crippen molar-refractivity contribution >= 4 is 5.78 Å². The quantitative estimate of drug-likeness (QED) is 0.604. The Kier molecular flexibility index (Phi) is 1.88. The first kappa shape index (κ1) is 9.83. The molecule has 0 radical (unpaired) electrons. The van der Waals surface area contributed by atoms with Gasteiger partial charge in [0.15, 0.2) is 0 Å². The number of carbonyl (C=O) groups is 1. The Morgan fingerprint density at radius 2 is 2.06 bits per heavy atom. The molecule has 2 aliphatic carbocycles. The Bertz CT molecular complexity index is 486. The highest BCUT2D eigenvalue weighted by atomic mass is 16.1. The summed E-state index contributed by atoms with van der Waals surface area (Å²) < 4.78 is 0. The maximum Gasteiger partial charge on any atom is 0.147 e. The minimum absolute atomic E-state index is 0.182. The van der Waals surface area contributed by atoms with Crippen molar-refractivity contribution in [1.82, 2.24) is 0 Å². The van der Waals surface area contributed by atoms with Crippen molar-refractivity contribution in [3.63, 3.8) is 0 Å². The van der Waals surface area contributed by atoms with Crippen LogP contribution in [0, 0.1) is 5.92 Å². The predicted octanol–water partition coefficient (Wildman–Crippen LogP) is 3.04. The second-order valence-electron chi connectivity index (χ2n) is 5.39. The molecule has 82 valence electrons. The summed E-state index contributed by atoms with van der Waals surface area (Å²) >= 11 is 0. The lowest BCUT2D eigenvalue weighted by Crippen LogP contribution is -2.46. The van der Waals surface area contributed by atoms with Gasteiger partial charge in [0.25, 0.3) is 0 Å². The second kappa shape index (κ2) is 3.07. The van der Waals surface area contributed by atoms with Gasteiger partial charge in [-0.05, 0) is 37.3 Å². The van der Waals surface area contributed by atoms with Crippen LogP contribution in [0.15, 0.2) is 36.4 Å². The molecule has 16 heavy (non-hydrogen) atoms. The molecule has 1 fully saturated rings. The molecule has 2 atom stereocenters. The summed E-state index contributed by atoms with van der Waals surface area (Å²) in [4.78, 5) is 12.4. The van der Waals surface area contributed by atoms with Gasteiger partial charge >= 0.3 is 0 Å². The molecule has 1 saturated carbocycles. The van der Waals surface area contributed by atoms with Crippen LogP contribution in [-0.2, 0) is 16.6 Å². The zero-order valence-electron chi connectivity index (χ0n) is 9.62. The van der Waals surface area contributed by atoms with E-state index in [1.807, 2.05) is 6.07 Å². The minimum atomic E-state index is -0.297. The molecule has 0 saturated heterocycles. The van der Waals surface area contributed by atoms with Crippen LogP contribution < -0.4 is 0 Å². The third-order valence-electron chi connectivity index (χ3n) is 4.13. The van der Waals surface area contributed by atoms with Gasteiger partial charge in [0.05, 0.1) is 5.41 Å². The van der Waals surface area contributed by atoms with Gasteiger partial charge in [0.2, 0.25) is 0 Å². The van der Waals surface area contributed by atoms with Crippen molar-refractivity contribution in [1.29, 1.82) is 0 Å². The smallest absolute Gasteiger partial charge is 0.147 e. The summed E-state index contributed by atoms with van der Waals surface area (Å²) in [6.07, 6.45) is 2.63. The number of allylic oxidation sites excluding steroid dienone is 1. The zero-order valence-corrected chi connectivity index (χ0v) is 9.62. The Labute approximate surface area is 96.2 Å². The number of rotatable bonds is 0. The van der Waals surface area contributed by atoms with Crippen molar-refractivity contribution in [3.8, 4) is 0 Å². The molecule has 1 nitrogen and oxygen atoms in total. The number of hydrogen-bond donors (Lipinski definition) is 0. The van der Waals surface area contributed by atoms with Crippen molar-refractivity contribution < 1.29 is 4.79 Å². The van der Waals surface area contributed by atoms with Crippen molar-refractivity contribution in [2.45, 2.75) is 31.6 Å². The van der Waals surface area contributed by atoms with Gasteiger partial charge in [-0.15, -0.1) is 0 Å². The average molecular weight is 212 g/mol. The van der Waals surface area contributed by atoms with E-state index in [4.69, 9.17) is 0 Å². The van der Waals surface area contributed by atoms with E-state index in [0.29, 0.717) is 5.78 Å². The van der Waals surface area contributed by atoms with Crippen LogP contribution in [0.2, 0.25) is 0 Å². The Balaban J connectivity index is 2.22. The van der Waals surface area contributed by atoms with E-state index in [2.05, 4.69) is 31.7 Å². The van der Waals surface area contributed by atoms with E-state index in [1.165, 1.54) is 16.7 Å². The van der Waals surface area contributed by atoms with Gasteiger partial charge in [-0.1, -0.05) is 36.4 Å². The molecular weight excluding hydrogens is 196 g/mol. The summed E-state index contributed by atoms with van der Waals surface area (Å²) in [5, 5.41) is 0. The van der Waals surface area contributed by atoms with Gasteiger partial charge in [-0.3, -0.25) is 4.79 Å². The molecule has 0 spiro atoms. The van der Waals surface area contributed by atoms with Crippen LogP contribution >= 0.6 is 0 Å². The van der Waals surface area contributed by atoms with Crippen LogP contribution in [0.1, 0.15) is 30.9 Å². The Hall–Kier alpha value is -1.37. The van der Waals surface area contributed by atoms with Crippen molar-refractivity contribution in [2.75, 3.05) is 0 Å². The normalized spacial score (nSPS) is 32.4. The molecule has 2 bridgehead atoms. The van der Waals surface area contributed by atoms with Gasteiger partial charge in [0.1, 0.15) is 5.78 Å². The first-order valence-corrected chi connectivity index (χ1v) is 5.90. The molecular formula is C15H16O. The molecule has 0 N–H and O–H groups in total. The molecule has 1 aromatic carbocycles. The highest BCUT2D eigenvalue weighted by molar-refractivity contribution is 5.95. The number of ketones is 1. The zero-order chi connectivity index (χ0) is 11.3. The van der Waals surface area contributed by atoms with E-state index < -0.39 is 0 Å². The highest BCUT2D eigenvalue weighted by Crippen LogP contribution is 2.47. The molecule has 2 aliphatic rings. The number of Topliss-reactive ketones (excluding diaryl/α,β-unsaturated/α-hetero) is 1. The lowest BCUT2D eigenvalue weighted by molar-refractivity contribution is -0.130. The number of fused-ring (bicyclic) bond motifs is 4. The fraction of sp³-hybridized carbons (Fsp3) is 0.400. The van der Waals surface area contributed by atoms with Gasteiger partial charge in [0, 0.05) is 5.92 Å². The first-order chi connectivity index (χ1) is 7.61. The Morgan fingerprint density at radius 3 is 2.88 bits per heavy atom. The summed E-state index contributed by atoms with van der Waals surface area (Å²) in [6.45, 7) is 6.18. The lowest BCUT2D eigenvalue weighted by atomic mass is 9.58. The fourth-order valence-electron chi connectivity index (χ4n) is 3.45. The summed E-state index contributed by atoms with van der Waals surface area (Å²) in [5.41, 5.74) is 3.54. The highest BCUT2D eigenvalue weighted by Gasteiger charge is 2.47. The van der Waals surface area contributed by atoms with E-state index >= 15 is 0 Å². The standard InChI is InChI=1S/C15H16O/c1-10-7-12-8-11-5-3-4-6-13(11)15(2,9-10)14(12)16/h3-6,12H,1,7-9H2,2H3/t12-,15+/m0/s1. The monoisotopic (exact) mass is 212 g/mol. The van der Waals surface area contributed by atoms with Gasteiger partial charge in [-0.2, -0.15) is 0 Å². The van der Waals surface area contributed by atoms with Crippen LogP contribution in [0.3, 0.4) is 0 Å². The maximum atomic E-state index is 12.4. The number of carbonyl (C=O) groups excluding carboxylic acids is 1. The molecule has 0 aliphatic heterocycles. The fourth-order valence-corrected chi connectivity index (χ4v) is 3.45. The molecule has 1 aromatic rings. The summed E-state index contributed by atoms with van der Waals surface area (Å²) in [6, 6.07) is 8.39. The number of hydrogen-bond acceptors (Lipinski definition) is 1. The van der Waals surface area contributed by atoms with E-state index in [-0.39, 0.29) is 11.3 Å². The Morgan fingerprint density at radius 1 is 1.31 bits per heavy atom. The summed E-state index contributed by atoms with van der Waals surface area (Å²) in [7, 11) is 0. The molecule has 0 amide bonds. The first-order valence-electron chi connectivity index (χ1n) is 5.90. The second-order valence-corrected chi connectivity index (χ2v) is 5.39. The average Bonchev–Trinajstić information content (AvgIpc) is 2.24. The third-order valence-corrected chi connectivity index (χ3v) is 4.13. The van der Waals surface area contributed by atoms with Crippen LogP contribution in [0.4, 0.5) is 0 Å². The van der Waals surface area contributed by atoms with Crippen molar-refractivity contribution in [3.05, 3.63) is 47.5 Å². The van der Waals surface area contributed by atoms with Crippen molar-refractivity contribution in [2.24, 2.45) is 5.92 Å². The van der Waals surface area contributed by atoms with Gasteiger partial charge in [-0.25, -0.2) is 0 Å².